The average Bonchev–Trinajstić information content (AvgIpc) is 2.86. The molecule has 0 unspecified atom stereocenters. The van der Waals surface area contributed by atoms with Gasteiger partial charge in [-0.25, -0.2) is 0 Å². The van der Waals surface area contributed by atoms with Crippen LogP contribution in [0.2, 0.25) is 10.0 Å². The molecule has 1 aromatic carbocycles. The number of benzene rings is 1. The van der Waals surface area contributed by atoms with E-state index in [1.54, 1.807) is 24.3 Å². The van der Waals surface area contributed by atoms with Crippen LogP contribution >= 0.6 is 34.5 Å². The van der Waals surface area contributed by atoms with Crippen molar-refractivity contribution in [3.8, 4) is 0 Å². The van der Waals surface area contributed by atoms with Gasteiger partial charge in [0.15, 0.2) is 5.78 Å². The Morgan fingerprint density at radius 1 is 1.14 bits per heavy atom. The molecule has 2 aromatic rings. The summed E-state index contributed by atoms with van der Waals surface area (Å²) in [6.07, 6.45) is 0.297. The molecule has 0 radical (unpaired) electrons. The Kier molecular flexibility index (Phi) is 5.39. The van der Waals surface area contributed by atoms with E-state index in [9.17, 15) is 9.59 Å². The van der Waals surface area contributed by atoms with Crippen LogP contribution in [-0.2, 0) is 4.79 Å². The lowest BCUT2D eigenvalue weighted by Gasteiger charge is -2.07. The quantitative estimate of drug-likeness (QED) is 0.780. The number of hydrogen-bond acceptors (Lipinski definition) is 3. The molecule has 3 nitrogen and oxygen atoms in total. The van der Waals surface area contributed by atoms with Crippen LogP contribution in [-0.4, -0.2) is 11.7 Å². The summed E-state index contributed by atoms with van der Waals surface area (Å²) >= 11 is 13.2. The highest BCUT2D eigenvalue weighted by Gasteiger charge is 2.12. The SMILES string of the molecule is Cc1ccc(C(=O)CCC(=O)Nc2ccc(Cl)cc2Cl)s1. The monoisotopic (exact) mass is 341 g/mol. The third-order valence-electron chi connectivity index (χ3n) is 2.80. The highest BCUT2D eigenvalue weighted by atomic mass is 35.5. The number of nitrogens with one attached hydrogen (secondary N) is 1. The Hall–Kier alpha value is -1.36. The molecule has 1 heterocycles. The lowest BCUT2D eigenvalue weighted by atomic mass is 10.2. The van der Waals surface area contributed by atoms with Gasteiger partial charge in [0.2, 0.25) is 5.91 Å². The Bertz CT molecular complexity index is 682. The fraction of sp³-hybridized carbons (Fsp3) is 0.200. The zero-order chi connectivity index (χ0) is 15.4. The minimum atomic E-state index is -0.249. The molecule has 1 aromatic heterocycles. The number of rotatable bonds is 5. The van der Waals surface area contributed by atoms with Crippen molar-refractivity contribution in [2.75, 3.05) is 5.32 Å². The van der Waals surface area contributed by atoms with E-state index in [0.29, 0.717) is 20.6 Å². The van der Waals surface area contributed by atoms with Crippen molar-refractivity contribution in [2.24, 2.45) is 0 Å². The minimum Gasteiger partial charge on any atom is -0.325 e. The van der Waals surface area contributed by atoms with E-state index in [4.69, 9.17) is 23.2 Å². The number of hydrogen-bond donors (Lipinski definition) is 1. The molecule has 0 spiro atoms. The summed E-state index contributed by atoms with van der Waals surface area (Å²) < 4.78 is 0. The molecule has 0 fully saturated rings. The second-order valence-electron chi connectivity index (χ2n) is 4.51. The maximum Gasteiger partial charge on any atom is 0.224 e. The first-order chi connectivity index (χ1) is 9.95. The maximum absolute atomic E-state index is 11.9. The van der Waals surface area contributed by atoms with Crippen LogP contribution in [0.3, 0.4) is 0 Å². The number of ketones is 1. The van der Waals surface area contributed by atoms with Gasteiger partial charge in [0, 0.05) is 22.7 Å². The number of anilines is 1. The Morgan fingerprint density at radius 2 is 1.90 bits per heavy atom. The van der Waals surface area contributed by atoms with Gasteiger partial charge >= 0.3 is 0 Å². The smallest absolute Gasteiger partial charge is 0.224 e. The number of thiophene rings is 1. The number of carbonyl (C=O) groups excluding carboxylic acids is 2. The number of Topliss-reactive ketones (excluding diaryl/α,β-unsaturated/α-hetero) is 1. The van der Waals surface area contributed by atoms with Gasteiger partial charge < -0.3 is 5.32 Å². The predicted molar refractivity (Wildman–Crippen MR) is 87.7 cm³/mol. The summed E-state index contributed by atoms with van der Waals surface area (Å²) in [5.41, 5.74) is 0.491. The van der Waals surface area contributed by atoms with Crippen molar-refractivity contribution in [1.29, 1.82) is 0 Å². The Morgan fingerprint density at radius 3 is 2.52 bits per heavy atom. The van der Waals surface area contributed by atoms with Crippen molar-refractivity contribution in [3.63, 3.8) is 0 Å². The van der Waals surface area contributed by atoms with Crippen molar-refractivity contribution >= 4 is 51.9 Å². The topological polar surface area (TPSA) is 46.2 Å². The number of amides is 1. The van der Waals surface area contributed by atoms with Crippen molar-refractivity contribution in [1.82, 2.24) is 0 Å². The van der Waals surface area contributed by atoms with Crippen LogP contribution in [0.1, 0.15) is 27.4 Å². The molecule has 0 aliphatic rings. The lowest BCUT2D eigenvalue weighted by Crippen LogP contribution is -2.13. The lowest BCUT2D eigenvalue weighted by molar-refractivity contribution is -0.116. The van der Waals surface area contributed by atoms with E-state index < -0.39 is 0 Å². The summed E-state index contributed by atoms with van der Waals surface area (Å²) in [4.78, 5) is 25.5. The molecule has 0 atom stereocenters. The molecular weight excluding hydrogens is 329 g/mol. The third-order valence-corrected chi connectivity index (χ3v) is 4.39. The standard InChI is InChI=1S/C15H13Cl2NO2S/c1-9-2-6-14(21-9)13(19)5-7-15(20)18-12-4-3-10(16)8-11(12)17/h2-4,6,8H,5,7H2,1H3,(H,18,20). The van der Waals surface area contributed by atoms with Gasteiger partial charge in [0.25, 0.3) is 0 Å². The number of carbonyl (C=O) groups is 2. The van der Waals surface area contributed by atoms with Crippen LogP contribution in [0.25, 0.3) is 0 Å². The fourth-order valence-electron chi connectivity index (χ4n) is 1.74. The van der Waals surface area contributed by atoms with Gasteiger partial charge in [-0.05, 0) is 37.3 Å². The maximum atomic E-state index is 11.9. The summed E-state index contributed by atoms with van der Waals surface area (Å²) in [5.74, 6) is -0.272. The van der Waals surface area contributed by atoms with Crippen molar-refractivity contribution in [3.05, 3.63) is 50.1 Å². The molecule has 0 aliphatic heterocycles. The second kappa shape index (κ2) is 7.07. The number of halogens is 2. The Balaban J connectivity index is 1.89. The largest absolute Gasteiger partial charge is 0.325 e. The fourth-order valence-corrected chi connectivity index (χ4v) is 3.03. The molecule has 6 heteroatoms. The second-order valence-corrected chi connectivity index (χ2v) is 6.64. The first kappa shape index (κ1) is 16.0. The molecule has 0 saturated carbocycles. The molecule has 1 amide bonds. The molecular formula is C15H13Cl2NO2S. The van der Waals surface area contributed by atoms with Gasteiger partial charge in [-0.2, -0.15) is 0 Å². The van der Waals surface area contributed by atoms with E-state index in [2.05, 4.69) is 5.32 Å². The number of aryl methyl sites for hydroxylation is 1. The molecule has 1 N–H and O–H groups in total. The van der Waals surface area contributed by atoms with E-state index in [1.807, 2.05) is 13.0 Å². The van der Waals surface area contributed by atoms with E-state index in [0.717, 1.165) is 4.88 Å². The first-order valence-corrected chi connectivity index (χ1v) is 7.87. The molecule has 110 valence electrons. The van der Waals surface area contributed by atoms with Crippen LogP contribution in [0.15, 0.2) is 30.3 Å². The molecule has 0 aliphatic carbocycles. The van der Waals surface area contributed by atoms with E-state index in [-0.39, 0.29) is 24.5 Å². The Labute approximate surface area is 136 Å². The molecule has 0 saturated heterocycles. The summed E-state index contributed by atoms with van der Waals surface area (Å²) in [5, 5.41) is 3.54. The summed E-state index contributed by atoms with van der Waals surface area (Å²) in [6.45, 7) is 1.94. The van der Waals surface area contributed by atoms with E-state index >= 15 is 0 Å². The first-order valence-electron chi connectivity index (χ1n) is 6.30. The van der Waals surface area contributed by atoms with Crippen LogP contribution in [0, 0.1) is 6.92 Å². The van der Waals surface area contributed by atoms with Crippen LogP contribution in [0.5, 0.6) is 0 Å². The van der Waals surface area contributed by atoms with Gasteiger partial charge in [-0.3, -0.25) is 9.59 Å². The van der Waals surface area contributed by atoms with Crippen molar-refractivity contribution in [2.45, 2.75) is 19.8 Å². The zero-order valence-corrected chi connectivity index (χ0v) is 13.6. The average molecular weight is 342 g/mol. The van der Waals surface area contributed by atoms with E-state index in [1.165, 1.54) is 11.3 Å². The molecule has 2 rings (SSSR count). The van der Waals surface area contributed by atoms with Crippen LogP contribution < -0.4 is 5.32 Å². The van der Waals surface area contributed by atoms with Gasteiger partial charge in [-0.1, -0.05) is 23.2 Å². The zero-order valence-electron chi connectivity index (χ0n) is 11.3. The van der Waals surface area contributed by atoms with Gasteiger partial charge in [-0.15, -0.1) is 11.3 Å². The summed E-state index contributed by atoms with van der Waals surface area (Å²) in [7, 11) is 0. The minimum absolute atomic E-state index is 0.0227. The van der Waals surface area contributed by atoms with Gasteiger partial charge in [0.05, 0.1) is 15.6 Å². The summed E-state index contributed by atoms with van der Waals surface area (Å²) in [6, 6.07) is 8.51. The van der Waals surface area contributed by atoms with Crippen molar-refractivity contribution < 1.29 is 9.59 Å². The van der Waals surface area contributed by atoms with Crippen LogP contribution in [0.4, 0.5) is 5.69 Å². The molecule has 21 heavy (non-hydrogen) atoms. The molecule has 0 bridgehead atoms. The highest BCUT2D eigenvalue weighted by molar-refractivity contribution is 7.14. The van der Waals surface area contributed by atoms with Gasteiger partial charge in [0.1, 0.15) is 0 Å². The third kappa shape index (κ3) is 4.56. The highest BCUT2D eigenvalue weighted by Crippen LogP contribution is 2.25. The normalized spacial score (nSPS) is 10.4. The predicted octanol–water partition coefficient (Wildman–Crippen LogP) is 4.96.